The number of aliphatic carboxylic acids is 1. The Hall–Kier alpha value is -1.99. The van der Waals surface area contributed by atoms with Gasteiger partial charge in [0.05, 0.1) is 5.92 Å². The van der Waals surface area contributed by atoms with Crippen molar-refractivity contribution in [2.45, 2.75) is 6.42 Å². The number of aromatic nitrogens is 4. The summed E-state index contributed by atoms with van der Waals surface area (Å²) in [5, 5.41) is 19.4. The molecule has 1 fully saturated rings. The molecule has 1 unspecified atom stereocenters. The fourth-order valence-electron chi connectivity index (χ4n) is 1.52. The second kappa shape index (κ2) is 3.30. The van der Waals surface area contributed by atoms with Gasteiger partial charge in [-0.3, -0.25) is 14.5 Å². The molecule has 0 aliphatic carbocycles. The molecule has 2 rings (SSSR count). The van der Waals surface area contributed by atoms with Crippen molar-refractivity contribution >= 4 is 17.8 Å². The Balaban J connectivity index is 2.22. The van der Waals surface area contributed by atoms with E-state index in [1.165, 1.54) is 9.58 Å². The molecule has 1 aliphatic rings. The molecule has 1 aliphatic heterocycles. The maximum absolute atomic E-state index is 11.5. The SMILES string of the molecule is Cn1nnnc1N1CC(C(=O)O)CC1=O. The average molecular weight is 211 g/mol. The summed E-state index contributed by atoms with van der Waals surface area (Å²) in [4.78, 5) is 23.5. The topological polar surface area (TPSA) is 101 Å². The number of anilines is 1. The van der Waals surface area contributed by atoms with E-state index in [2.05, 4.69) is 15.5 Å². The summed E-state index contributed by atoms with van der Waals surface area (Å²) < 4.78 is 1.34. The van der Waals surface area contributed by atoms with Crippen LogP contribution in [-0.2, 0) is 16.6 Å². The van der Waals surface area contributed by atoms with E-state index in [1.807, 2.05) is 0 Å². The summed E-state index contributed by atoms with van der Waals surface area (Å²) in [7, 11) is 1.59. The van der Waals surface area contributed by atoms with Crippen molar-refractivity contribution < 1.29 is 14.7 Å². The largest absolute Gasteiger partial charge is 0.481 e. The third-order valence-electron chi connectivity index (χ3n) is 2.31. The van der Waals surface area contributed by atoms with E-state index in [0.29, 0.717) is 0 Å². The molecule has 1 atom stereocenters. The number of carboxylic acid groups (broad SMARTS) is 1. The van der Waals surface area contributed by atoms with E-state index >= 15 is 0 Å². The first-order chi connectivity index (χ1) is 7.09. The molecule has 1 aromatic rings. The minimum absolute atomic E-state index is 0.00218. The molecule has 1 saturated heterocycles. The lowest BCUT2D eigenvalue weighted by Gasteiger charge is -2.12. The molecule has 0 aromatic carbocycles. The molecular formula is C7H9N5O3. The highest BCUT2D eigenvalue weighted by Gasteiger charge is 2.37. The Morgan fingerprint density at radius 3 is 2.80 bits per heavy atom. The molecule has 0 radical (unpaired) electrons. The highest BCUT2D eigenvalue weighted by molar-refractivity contribution is 5.97. The molecular weight excluding hydrogens is 202 g/mol. The molecule has 80 valence electrons. The number of amides is 1. The summed E-state index contributed by atoms with van der Waals surface area (Å²) >= 11 is 0. The molecule has 8 nitrogen and oxygen atoms in total. The number of carbonyl (C=O) groups excluding carboxylic acids is 1. The molecule has 8 heteroatoms. The molecule has 15 heavy (non-hydrogen) atoms. The zero-order chi connectivity index (χ0) is 11.0. The van der Waals surface area contributed by atoms with Crippen LogP contribution in [0.15, 0.2) is 0 Å². The Morgan fingerprint density at radius 2 is 2.33 bits per heavy atom. The molecule has 0 spiro atoms. The third kappa shape index (κ3) is 1.53. The second-order valence-electron chi connectivity index (χ2n) is 3.35. The van der Waals surface area contributed by atoms with E-state index in [0.717, 1.165) is 0 Å². The summed E-state index contributed by atoms with van der Waals surface area (Å²) in [6.45, 7) is 0.127. The van der Waals surface area contributed by atoms with E-state index in [1.54, 1.807) is 7.05 Å². The smallest absolute Gasteiger partial charge is 0.308 e. The van der Waals surface area contributed by atoms with Gasteiger partial charge in [-0.15, -0.1) is 0 Å². The minimum Gasteiger partial charge on any atom is -0.481 e. The predicted molar refractivity (Wildman–Crippen MR) is 46.9 cm³/mol. The Labute approximate surface area is 84.5 Å². The van der Waals surface area contributed by atoms with Crippen LogP contribution in [-0.4, -0.2) is 43.7 Å². The number of tetrazole rings is 1. The third-order valence-corrected chi connectivity index (χ3v) is 2.31. The predicted octanol–water partition coefficient (Wildman–Crippen LogP) is -1.35. The molecule has 1 aromatic heterocycles. The molecule has 0 bridgehead atoms. The monoisotopic (exact) mass is 211 g/mol. The lowest BCUT2D eigenvalue weighted by atomic mass is 10.1. The van der Waals surface area contributed by atoms with Crippen LogP contribution >= 0.6 is 0 Å². The summed E-state index contributed by atoms with van der Waals surface area (Å²) in [6, 6.07) is 0. The average Bonchev–Trinajstić information content (AvgIpc) is 2.71. The van der Waals surface area contributed by atoms with Crippen LogP contribution < -0.4 is 4.90 Å². The van der Waals surface area contributed by atoms with E-state index < -0.39 is 11.9 Å². The standard InChI is InChI=1S/C7H9N5O3/c1-11-7(8-9-10-11)12-3-4(6(14)15)2-5(12)13/h4H,2-3H2,1H3,(H,14,15). The molecule has 1 amide bonds. The maximum Gasteiger partial charge on any atom is 0.308 e. The van der Waals surface area contributed by atoms with Crippen LogP contribution in [0, 0.1) is 5.92 Å². The highest BCUT2D eigenvalue weighted by atomic mass is 16.4. The van der Waals surface area contributed by atoms with Gasteiger partial charge in [-0.05, 0) is 10.4 Å². The van der Waals surface area contributed by atoms with Gasteiger partial charge in [-0.1, -0.05) is 5.10 Å². The van der Waals surface area contributed by atoms with Gasteiger partial charge >= 0.3 is 5.97 Å². The summed E-state index contributed by atoms with van der Waals surface area (Å²) in [5.41, 5.74) is 0. The number of carboxylic acids is 1. The van der Waals surface area contributed by atoms with Gasteiger partial charge in [0.25, 0.3) is 5.95 Å². The van der Waals surface area contributed by atoms with Gasteiger partial charge in [0.2, 0.25) is 5.91 Å². The summed E-state index contributed by atoms with van der Waals surface area (Å²) in [5.74, 6) is -1.63. The van der Waals surface area contributed by atoms with Crippen molar-refractivity contribution in [2.24, 2.45) is 13.0 Å². The zero-order valence-electron chi connectivity index (χ0n) is 7.99. The van der Waals surface area contributed by atoms with Crippen molar-refractivity contribution in [1.82, 2.24) is 20.2 Å². The van der Waals surface area contributed by atoms with Gasteiger partial charge in [-0.25, -0.2) is 4.68 Å². The lowest BCUT2D eigenvalue weighted by Crippen LogP contribution is -2.28. The normalized spacial score (nSPS) is 21.0. The number of aryl methyl sites for hydroxylation is 1. The summed E-state index contributed by atoms with van der Waals surface area (Å²) in [6.07, 6.45) is 0.00218. The first kappa shape index (κ1) is 9.56. The highest BCUT2D eigenvalue weighted by Crippen LogP contribution is 2.22. The number of hydrogen-bond acceptors (Lipinski definition) is 5. The van der Waals surface area contributed by atoms with Gasteiger partial charge in [0, 0.05) is 20.0 Å². The lowest BCUT2D eigenvalue weighted by molar-refractivity contribution is -0.141. The molecule has 2 heterocycles. The van der Waals surface area contributed by atoms with Gasteiger partial charge < -0.3 is 5.11 Å². The number of hydrogen-bond donors (Lipinski definition) is 1. The van der Waals surface area contributed by atoms with Crippen molar-refractivity contribution in [3.8, 4) is 0 Å². The van der Waals surface area contributed by atoms with Crippen LogP contribution in [0.5, 0.6) is 0 Å². The molecule has 1 N–H and O–H groups in total. The van der Waals surface area contributed by atoms with Gasteiger partial charge in [-0.2, -0.15) is 0 Å². The Kier molecular flexibility index (Phi) is 2.10. The number of nitrogens with zero attached hydrogens (tertiary/aromatic N) is 5. The Bertz CT molecular complexity index is 415. The van der Waals surface area contributed by atoms with E-state index in [9.17, 15) is 9.59 Å². The van der Waals surface area contributed by atoms with Gasteiger partial charge in [0.15, 0.2) is 0 Å². The fraction of sp³-hybridized carbons (Fsp3) is 0.571. The zero-order valence-corrected chi connectivity index (χ0v) is 7.99. The quantitative estimate of drug-likeness (QED) is 0.648. The van der Waals surface area contributed by atoms with Crippen molar-refractivity contribution in [3.63, 3.8) is 0 Å². The number of carbonyl (C=O) groups is 2. The van der Waals surface area contributed by atoms with Crippen molar-refractivity contribution in [2.75, 3.05) is 11.4 Å². The molecule has 0 saturated carbocycles. The van der Waals surface area contributed by atoms with E-state index in [-0.39, 0.29) is 24.8 Å². The first-order valence-corrected chi connectivity index (χ1v) is 4.35. The van der Waals surface area contributed by atoms with Crippen LogP contribution in [0.25, 0.3) is 0 Å². The van der Waals surface area contributed by atoms with Crippen LogP contribution in [0.4, 0.5) is 5.95 Å². The second-order valence-corrected chi connectivity index (χ2v) is 3.35. The van der Waals surface area contributed by atoms with Gasteiger partial charge in [0.1, 0.15) is 0 Å². The van der Waals surface area contributed by atoms with E-state index in [4.69, 9.17) is 5.11 Å². The Morgan fingerprint density at radius 1 is 1.60 bits per heavy atom. The van der Waals surface area contributed by atoms with Crippen LogP contribution in [0.1, 0.15) is 6.42 Å². The van der Waals surface area contributed by atoms with Crippen molar-refractivity contribution in [1.29, 1.82) is 0 Å². The first-order valence-electron chi connectivity index (χ1n) is 4.35. The maximum atomic E-state index is 11.5. The van der Waals surface area contributed by atoms with Crippen LogP contribution in [0.2, 0.25) is 0 Å². The van der Waals surface area contributed by atoms with Crippen LogP contribution in [0.3, 0.4) is 0 Å². The fourth-order valence-corrected chi connectivity index (χ4v) is 1.52. The minimum atomic E-state index is -0.971. The van der Waals surface area contributed by atoms with Crippen molar-refractivity contribution in [3.05, 3.63) is 0 Å². The number of rotatable bonds is 2.